The molecule has 1 aromatic rings. The van der Waals surface area contributed by atoms with Gasteiger partial charge in [-0.1, -0.05) is 32.1 Å². The second-order valence-corrected chi connectivity index (χ2v) is 5.69. The van der Waals surface area contributed by atoms with Crippen LogP contribution < -0.4 is 11.1 Å². The van der Waals surface area contributed by atoms with Crippen molar-refractivity contribution in [2.75, 3.05) is 19.0 Å². The van der Waals surface area contributed by atoms with E-state index in [9.17, 15) is 4.79 Å². The number of aromatic nitrogens is 2. The first-order valence-electron chi connectivity index (χ1n) is 5.24. The third-order valence-electron chi connectivity index (χ3n) is 1.98. The molecule has 0 spiro atoms. The average molecular weight is 258 g/mol. The Hall–Kier alpha value is -1.05. The third kappa shape index (κ3) is 4.03. The van der Waals surface area contributed by atoms with E-state index in [1.54, 1.807) is 0 Å². The summed E-state index contributed by atoms with van der Waals surface area (Å²) in [4.78, 5) is 11.6. The molecule has 0 radical (unpaired) electrons. The summed E-state index contributed by atoms with van der Waals surface area (Å²) < 4.78 is 4.80. The molecular formula is C10H18N4O2S. The van der Waals surface area contributed by atoms with E-state index in [-0.39, 0.29) is 17.9 Å². The summed E-state index contributed by atoms with van der Waals surface area (Å²) in [5.41, 5.74) is 5.51. The van der Waals surface area contributed by atoms with Crippen molar-refractivity contribution in [1.29, 1.82) is 0 Å². The van der Waals surface area contributed by atoms with E-state index in [2.05, 4.69) is 15.5 Å². The molecule has 0 fully saturated rings. The number of carbonyl (C=O) groups excluding carboxylic acids is 1. The molecule has 0 bridgehead atoms. The molecule has 1 heterocycles. The zero-order valence-electron chi connectivity index (χ0n) is 10.5. The van der Waals surface area contributed by atoms with Crippen molar-refractivity contribution in [2.45, 2.75) is 32.2 Å². The molecule has 0 aliphatic rings. The Morgan fingerprint density at radius 3 is 2.65 bits per heavy atom. The van der Waals surface area contributed by atoms with Crippen LogP contribution in [0.25, 0.3) is 0 Å². The van der Waals surface area contributed by atoms with Gasteiger partial charge in [0, 0.05) is 12.5 Å². The number of rotatable bonds is 4. The van der Waals surface area contributed by atoms with Gasteiger partial charge in [-0.25, -0.2) is 0 Å². The van der Waals surface area contributed by atoms with E-state index >= 15 is 0 Å². The topological polar surface area (TPSA) is 90.1 Å². The minimum atomic E-state index is -0.693. The van der Waals surface area contributed by atoms with Gasteiger partial charge in [-0.3, -0.25) is 10.1 Å². The predicted molar refractivity (Wildman–Crippen MR) is 67.1 cm³/mol. The highest BCUT2D eigenvalue weighted by atomic mass is 32.1. The van der Waals surface area contributed by atoms with E-state index in [1.165, 1.54) is 18.4 Å². The van der Waals surface area contributed by atoms with Crippen LogP contribution in [-0.2, 0) is 14.9 Å². The number of nitrogens with zero attached hydrogens (tertiary/aromatic N) is 2. The molecule has 1 aromatic heterocycles. The van der Waals surface area contributed by atoms with E-state index in [4.69, 9.17) is 10.5 Å². The first kappa shape index (κ1) is 14.0. The van der Waals surface area contributed by atoms with Crippen LogP contribution in [0.1, 0.15) is 25.8 Å². The second kappa shape index (κ2) is 5.52. The Labute approximate surface area is 105 Å². The van der Waals surface area contributed by atoms with Crippen LogP contribution in [0.15, 0.2) is 0 Å². The van der Waals surface area contributed by atoms with Crippen molar-refractivity contribution < 1.29 is 9.53 Å². The summed E-state index contributed by atoms with van der Waals surface area (Å²) in [5, 5.41) is 11.9. The molecule has 96 valence electrons. The van der Waals surface area contributed by atoms with Crippen LogP contribution in [0.2, 0.25) is 0 Å². The molecular weight excluding hydrogens is 240 g/mol. The lowest BCUT2D eigenvalue weighted by Gasteiger charge is -2.12. The van der Waals surface area contributed by atoms with Gasteiger partial charge in [0.2, 0.25) is 11.0 Å². The Bertz CT molecular complexity index is 386. The molecule has 1 atom stereocenters. The lowest BCUT2D eigenvalue weighted by Crippen LogP contribution is -2.39. The van der Waals surface area contributed by atoms with Gasteiger partial charge in [-0.05, 0) is 0 Å². The number of hydrogen-bond donors (Lipinski definition) is 2. The maximum Gasteiger partial charge on any atom is 0.245 e. The molecule has 0 saturated heterocycles. The lowest BCUT2D eigenvalue weighted by molar-refractivity contribution is -0.118. The lowest BCUT2D eigenvalue weighted by atomic mass is 9.98. The monoisotopic (exact) mass is 258 g/mol. The average Bonchev–Trinajstić information content (AvgIpc) is 2.66. The molecule has 17 heavy (non-hydrogen) atoms. The zero-order valence-corrected chi connectivity index (χ0v) is 11.3. The fraction of sp³-hybridized carbons (Fsp3) is 0.700. The summed E-state index contributed by atoms with van der Waals surface area (Å²) in [6.07, 6.45) is 0. The van der Waals surface area contributed by atoms with Crippen LogP contribution in [0.5, 0.6) is 0 Å². The molecule has 3 N–H and O–H groups in total. The Balaban J connectivity index is 2.64. The number of carbonyl (C=O) groups is 1. The fourth-order valence-corrected chi connectivity index (χ4v) is 1.83. The molecule has 7 heteroatoms. The van der Waals surface area contributed by atoms with Gasteiger partial charge in [-0.2, -0.15) is 0 Å². The van der Waals surface area contributed by atoms with E-state index in [0.29, 0.717) is 5.13 Å². The molecule has 0 aliphatic heterocycles. The van der Waals surface area contributed by atoms with Crippen molar-refractivity contribution in [3.05, 3.63) is 5.01 Å². The third-order valence-corrected chi connectivity index (χ3v) is 3.24. The number of ether oxygens (including phenoxy) is 1. The van der Waals surface area contributed by atoms with E-state index < -0.39 is 6.04 Å². The summed E-state index contributed by atoms with van der Waals surface area (Å²) in [5.74, 6) is -0.316. The zero-order chi connectivity index (χ0) is 13.1. The predicted octanol–water partition coefficient (Wildman–Crippen LogP) is 0.748. The van der Waals surface area contributed by atoms with Crippen molar-refractivity contribution in [3.63, 3.8) is 0 Å². The smallest absolute Gasteiger partial charge is 0.245 e. The number of amides is 1. The molecule has 6 nitrogen and oxygen atoms in total. The van der Waals surface area contributed by atoms with Crippen LogP contribution in [0, 0.1) is 0 Å². The first-order chi connectivity index (χ1) is 7.84. The second-order valence-electron chi connectivity index (χ2n) is 4.71. The van der Waals surface area contributed by atoms with Gasteiger partial charge in [-0.15, -0.1) is 10.2 Å². The number of nitrogens with one attached hydrogen (secondary N) is 1. The van der Waals surface area contributed by atoms with Crippen molar-refractivity contribution in [1.82, 2.24) is 10.2 Å². The number of hydrogen-bond acceptors (Lipinski definition) is 6. The summed E-state index contributed by atoms with van der Waals surface area (Å²) >= 11 is 1.35. The molecule has 1 rings (SSSR count). The number of methoxy groups -OCH3 is 1. The molecule has 0 saturated carbocycles. The van der Waals surface area contributed by atoms with Crippen molar-refractivity contribution in [3.8, 4) is 0 Å². The van der Waals surface area contributed by atoms with Crippen LogP contribution >= 0.6 is 11.3 Å². The Morgan fingerprint density at radius 1 is 1.53 bits per heavy atom. The highest BCUT2D eigenvalue weighted by Crippen LogP contribution is 2.27. The summed E-state index contributed by atoms with van der Waals surface area (Å²) in [6, 6.07) is -0.693. The normalized spacial score (nSPS) is 13.5. The maximum absolute atomic E-state index is 11.6. The summed E-state index contributed by atoms with van der Waals surface area (Å²) in [6.45, 7) is 6.29. The Morgan fingerprint density at radius 2 is 2.18 bits per heavy atom. The van der Waals surface area contributed by atoms with Crippen LogP contribution in [0.3, 0.4) is 0 Å². The number of nitrogens with two attached hydrogens (primary N) is 1. The van der Waals surface area contributed by atoms with Gasteiger partial charge in [0.1, 0.15) is 11.0 Å². The van der Waals surface area contributed by atoms with Gasteiger partial charge >= 0.3 is 0 Å². The van der Waals surface area contributed by atoms with Gasteiger partial charge < -0.3 is 10.5 Å². The van der Waals surface area contributed by atoms with E-state index in [0.717, 1.165) is 5.01 Å². The fourth-order valence-electron chi connectivity index (χ4n) is 1.03. The van der Waals surface area contributed by atoms with Crippen molar-refractivity contribution >= 4 is 22.4 Å². The quantitative estimate of drug-likeness (QED) is 0.831. The Kier molecular flexibility index (Phi) is 4.55. The molecule has 1 amide bonds. The van der Waals surface area contributed by atoms with Gasteiger partial charge in [0.15, 0.2) is 0 Å². The van der Waals surface area contributed by atoms with Crippen LogP contribution in [-0.4, -0.2) is 35.9 Å². The molecule has 0 aromatic carbocycles. The summed E-state index contributed by atoms with van der Waals surface area (Å²) in [7, 11) is 1.50. The maximum atomic E-state index is 11.6. The largest absolute Gasteiger partial charge is 0.383 e. The van der Waals surface area contributed by atoms with Crippen LogP contribution in [0.4, 0.5) is 5.13 Å². The highest BCUT2D eigenvalue weighted by Gasteiger charge is 2.21. The standard InChI is InChI=1S/C10H18N4O2S/c1-10(2,3)8-13-14-9(17-8)12-7(15)6(11)5-16-4/h6H,5,11H2,1-4H3,(H,12,14,15). The van der Waals surface area contributed by atoms with Gasteiger partial charge in [0.05, 0.1) is 6.61 Å². The number of anilines is 1. The first-order valence-corrected chi connectivity index (χ1v) is 6.05. The SMILES string of the molecule is COCC(N)C(=O)Nc1nnc(C(C)(C)C)s1. The van der Waals surface area contributed by atoms with Crippen molar-refractivity contribution in [2.24, 2.45) is 5.73 Å². The van der Waals surface area contributed by atoms with E-state index in [1.807, 2.05) is 20.8 Å². The molecule has 0 aliphatic carbocycles. The van der Waals surface area contributed by atoms with Gasteiger partial charge in [0.25, 0.3) is 0 Å². The minimum absolute atomic E-state index is 0.0741. The molecule has 1 unspecified atom stereocenters. The highest BCUT2D eigenvalue weighted by molar-refractivity contribution is 7.15. The minimum Gasteiger partial charge on any atom is -0.383 e.